The molecule has 6 fully saturated rings. The lowest BCUT2D eigenvalue weighted by Gasteiger charge is -2.32. The van der Waals surface area contributed by atoms with Crippen LogP contribution in [0.3, 0.4) is 0 Å². The average Bonchev–Trinajstić information content (AvgIpc) is 1.53. The summed E-state index contributed by atoms with van der Waals surface area (Å²) in [5, 5.41) is 20.6. The molecule has 34 heteroatoms. The second-order valence-corrected chi connectivity index (χ2v) is 36.5. The molecule has 3 saturated heterocycles. The van der Waals surface area contributed by atoms with E-state index in [-0.39, 0.29) is 91.6 Å². The molecule has 8 heterocycles. The van der Waals surface area contributed by atoms with Crippen molar-refractivity contribution in [3.05, 3.63) is 71.7 Å². The number of aromatic nitrogens is 6. The van der Waals surface area contributed by atoms with E-state index in [1.54, 1.807) is 70.1 Å². The van der Waals surface area contributed by atoms with Crippen LogP contribution in [-0.2, 0) is 63.6 Å². The standard InChI is InChI=1S/C31H42N4O7.C31H38N4O7.C30H38N4O8/c2*1-31(2,3)27-25(36)17-35-16-20(15-24(35)29(37)40-5)41-28-22(32-21-12-11-19(39-4)14-23(21)33-28)10-8-6-7-9-18-13-26(18)42-30(38)34-27;1-30(2,3)25(27(35)36)34-29(38)42-24-13-17(24)9-7-6-8-10-21-26(41-19-15-23(31-16-19)28(37)40-5)33-22-14-18(39-4)11-12-20(22)32-21/h11-12,14,18,20,24,26-27H,6-10,13,15-17H2,1-5H3,(H,34,38);11-12,14,18,20,24,26-27H,6-7,9,13,15-17H2,1-5H3,(H,34,38);11-12,14,17,19,23-25,31H,6-7,9,13,15-16H2,1-5H3,(H,34,38)(H,35,36)/t2*18-,20-,24+,26-,27-;17-,19-,23+,24-,25-/m111/s1. The van der Waals surface area contributed by atoms with E-state index in [4.69, 9.17) is 76.8 Å². The van der Waals surface area contributed by atoms with Crippen LogP contribution >= 0.6 is 0 Å². The number of hydrogen-bond acceptors (Lipinski definition) is 30. The van der Waals surface area contributed by atoms with Crippen molar-refractivity contribution < 1.29 is 105 Å². The van der Waals surface area contributed by atoms with Crippen LogP contribution in [0.15, 0.2) is 54.6 Å². The smallest absolute Gasteiger partial charge is 0.408 e. The number of carboxylic acid groups (broad SMARTS) is 1. The van der Waals surface area contributed by atoms with E-state index >= 15 is 0 Å². The lowest BCUT2D eigenvalue weighted by Crippen LogP contribution is -2.53. The number of rotatable bonds is 14. The molecule has 34 nitrogen and oxygen atoms in total. The summed E-state index contributed by atoms with van der Waals surface area (Å²) in [6.45, 7) is 17.5. The largest absolute Gasteiger partial charge is 0.497 e. The quantitative estimate of drug-likeness (QED) is 0.0293. The first-order valence-corrected chi connectivity index (χ1v) is 43.3. The van der Waals surface area contributed by atoms with Crippen LogP contribution in [0.25, 0.3) is 33.1 Å². The van der Waals surface area contributed by atoms with E-state index in [9.17, 15) is 48.3 Å². The summed E-state index contributed by atoms with van der Waals surface area (Å²) in [4.78, 5) is 146. The fourth-order valence-electron chi connectivity index (χ4n) is 16.4. The highest BCUT2D eigenvalue weighted by Gasteiger charge is 2.48. The van der Waals surface area contributed by atoms with Crippen LogP contribution < -0.4 is 49.7 Å². The number of benzene rings is 3. The topological polar surface area (TPSA) is 417 Å². The molecule has 5 aliphatic heterocycles. The Bertz CT molecular complexity index is 5110. The molecule has 3 aliphatic carbocycles. The number of amides is 3. The predicted molar refractivity (Wildman–Crippen MR) is 459 cm³/mol. The Balaban J connectivity index is 0.000000172. The zero-order valence-corrected chi connectivity index (χ0v) is 74.5. The molecule has 14 rings (SSSR count). The van der Waals surface area contributed by atoms with Crippen molar-refractivity contribution >= 4 is 86.8 Å². The summed E-state index contributed by atoms with van der Waals surface area (Å²) in [5.74, 6) is 13.6. The Morgan fingerprint density at radius 2 is 1.12 bits per heavy atom. The third kappa shape index (κ3) is 25.0. The highest BCUT2D eigenvalue weighted by Crippen LogP contribution is 2.42. The summed E-state index contributed by atoms with van der Waals surface area (Å²) in [5.41, 5.74) is 3.71. The molecule has 3 amide bonds. The summed E-state index contributed by atoms with van der Waals surface area (Å²) >= 11 is 0. The van der Waals surface area contributed by atoms with Crippen LogP contribution in [0.1, 0.15) is 182 Å². The zero-order valence-electron chi connectivity index (χ0n) is 74.5. The summed E-state index contributed by atoms with van der Waals surface area (Å²) < 4.78 is 66.7. The number of Topliss-reactive ketones (excluding diaryl/α,β-unsaturated/α-hetero) is 2. The van der Waals surface area contributed by atoms with Crippen LogP contribution in [-0.4, -0.2) is 247 Å². The number of carbonyl (C=O) groups is 9. The van der Waals surface area contributed by atoms with Gasteiger partial charge in [0, 0.05) is 69.9 Å². The molecule has 3 saturated carbocycles. The number of hydrogen-bond donors (Lipinski definition) is 5. The van der Waals surface area contributed by atoms with Gasteiger partial charge in [0.2, 0.25) is 17.6 Å². The van der Waals surface area contributed by atoms with E-state index in [2.05, 4.69) is 54.9 Å². The number of ketones is 2. The predicted octanol–water partition coefficient (Wildman–Crippen LogP) is 10.2. The van der Waals surface area contributed by atoms with E-state index < -0.39 is 101 Å². The Hall–Kier alpha value is -11.5. The maximum atomic E-state index is 13.6. The number of ether oxygens (including phenoxy) is 12. The van der Waals surface area contributed by atoms with Gasteiger partial charge in [0.1, 0.15) is 83.7 Å². The minimum Gasteiger partial charge on any atom is -0.497 e. The van der Waals surface area contributed by atoms with Gasteiger partial charge in [-0.3, -0.25) is 33.8 Å². The Morgan fingerprint density at radius 1 is 0.595 bits per heavy atom. The molecule has 126 heavy (non-hydrogen) atoms. The maximum absolute atomic E-state index is 13.6. The van der Waals surface area contributed by atoms with Gasteiger partial charge < -0.3 is 83.2 Å². The third-order valence-corrected chi connectivity index (χ3v) is 23.7. The number of nitrogens with zero attached hydrogens (tertiary/aromatic N) is 8. The first-order valence-electron chi connectivity index (χ1n) is 43.3. The normalized spacial score (nSPS) is 26.4. The van der Waals surface area contributed by atoms with Gasteiger partial charge in [0.25, 0.3) is 0 Å². The van der Waals surface area contributed by atoms with Gasteiger partial charge in [-0.1, -0.05) is 87.0 Å². The van der Waals surface area contributed by atoms with Crippen LogP contribution in [0, 0.1) is 57.7 Å². The second kappa shape index (κ2) is 41.3. The lowest BCUT2D eigenvalue weighted by atomic mass is 9.84. The number of esters is 3. The number of nitrogens with one attached hydrogen (secondary N) is 4. The van der Waals surface area contributed by atoms with Crippen molar-refractivity contribution in [1.82, 2.24) is 61.0 Å². The Kier molecular flexibility index (Phi) is 30.7. The highest BCUT2D eigenvalue weighted by molar-refractivity contribution is 5.92. The molecule has 6 aromatic rings. The van der Waals surface area contributed by atoms with Gasteiger partial charge in [0.05, 0.1) is 101 Å². The molecule has 3 aromatic heterocycles. The molecule has 8 aliphatic rings. The number of unbranched alkanes of at least 4 members (excludes halogenated alkanes) is 1. The molecule has 3 aromatic carbocycles. The SMILES string of the molecule is COC(=O)[C@@H]1C[C@@H](Oc2nc3cc(OC)ccc3nc2C#CCCC[C@@H]2C[C@H]2OC(=O)N[C@H](C(=O)O)C(C)(C)C)CN1.COC(=O)[C@@H]1C[C@@H]2CN1CC(=O)[C@H](C(C)(C)C)NC(=O)O[C@@H]1C[C@H]1CCCC#Cc1nc3ccc(OC)cc3nc1O2.COC(=O)[C@@H]1C[C@@H]2CN1CC(=O)[C@H](C(C)(C)C)NC(=O)O[C@@H]1C[C@H]1CCCCCc1nc3ccc(OC)cc3nc1O2. The fourth-order valence-corrected chi connectivity index (χ4v) is 16.4. The molecule has 17 atom stereocenters. The highest BCUT2D eigenvalue weighted by atomic mass is 16.6. The van der Waals surface area contributed by atoms with E-state index in [0.29, 0.717) is 113 Å². The maximum Gasteiger partial charge on any atom is 0.408 e. The minimum atomic E-state index is -1.10. The Morgan fingerprint density at radius 3 is 1.65 bits per heavy atom. The first kappa shape index (κ1) is 93.7. The van der Waals surface area contributed by atoms with Gasteiger partial charge in [-0.05, 0) is 146 Å². The number of aryl methyl sites for hydroxylation is 1. The summed E-state index contributed by atoms with van der Waals surface area (Å²) in [6.07, 6.45) is 9.02. The van der Waals surface area contributed by atoms with Gasteiger partial charge >= 0.3 is 42.2 Å². The van der Waals surface area contributed by atoms with Gasteiger partial charge in [-0.15, -0.1) is 0 Å². The number of carbonyl (C=O) groups excluding carboxylic acids is 8. The lowest BCUT2D eigenvalue weighted by molar-refractivity contribution is -0.147. The number of alkyl carbamates (subject to hydrolysis) is 3. The number of aliphatic carboxylic acids is 1. The van der Waals surface area contributed by atoms with E-state index in [1.807, 2.05) is 77.9 Å². The van der Waals surface area contributed by atoms with Crippen molar-refractivity contribution in [2.75, 3.05) is 75.4 Å². The Labute approximate surface area is 733 Å². The zero-order chi connectivity index (χ0) is 90.5. The van der Waals surface area contributed by atoms with E-state index in [1.165, 1.54) is 21.3 Å². The van der Waals surface area contributed by atoms with Crippen molar-refractivity contribution in [2.24, 2.45) is 34.0 Å². The molecule has 2 unspecified atom stereocenters. The van der Waals surface area contributed by atoms with Gasteiger partial charge in [0.15, 0.2) is 23.0 Å². The molecule has 0 radical (unpaired) electrons. The van der Waals surface area contributed by atoms with Crippen molar-refractivity contribution in [1.29, 1.82) is 0 Å². The molecule has 4 bridgehead atoms. The minimum absolute atomic E-state index is 0.0542. The monoisotopic (exact) mass is 1740 g/mol. The van der Waals surface area contributed by atoms with Crippen molar-refractivity contribution in [3.63, 3.8) is 0 Å². The molecule has 0 spiro atoms. The fraction of sp³-hybridized carbons (Fsp3) is 0.598. The molecular formula is C92H118N12O22. The van der Waals surface area contributed by atoms with Crippen LogP contribution in [0.4, 0.5) is 14.4 Å². The van der Waals surface area contributed by atoms with Gasteiger partial charge in [-0.2, -0.15) is 0 Å². The molecular weight excluding hydrogens is 1630 g/mol. The average molecular weight is 1740 g/mol. The van der Waals surface area contributed by atoms with Gasteiger partial charge in [-0.25, -0.2) is 49.1 Å². The summed E-state index contributed by atoms with van der Waals surface area (Å²) in [7, 11) is 8.77. The van der Waals surface area contributed by atoms with Crippen molar-refractivity contribution in [3.8, 4) is 58.6 Å². The number of fused-ring (bicyclic) bond motifs is 11. The van der Waals surface area contributed by atoms with Crippen molar-refractivity contribution in [2.45, 2.75) is 244 Å². The van der Waals surface area contributed by atoms with E-state index in [0.717, 1.165) is 81.8 Å². The van der Waals surface area contributed by atoms with Crippen LogP contribution in [0.2, 0.25) is 0 Å². The first-order chi connectivity index (χ1) is 60.1. The second-order valence-electron chi connectivity index (χ2n) is 36.5. The third-order valence-electron chi connectivity index (χ3n) is 23.7. The molecule has 678 valence electrons. The number of carboxylic acids is 1. The van der Waals surface area contributed by atoms with Crippen LogP contribution in [0.5, 0.6) is 34.9 Å². The molecule has 5 N–H and O–H groups in total. The summed E-state index contributed by atoms with van der Waals surface area (Å²) in [6, 6.07) is 11.9. The number of methoxy groups -OCH3 is 6.